The number of ether oxygens (including phenoxy) is 1. The first kappa shape index (κ1) is 11.0. The van der Waals surface area contributed by atoms with E-state index >= 15 is 0 Å². The van der Waals surface area contributed by atoms with E-state index in [1.807, 2.05) is 6.92 Å². The summed E-state index contributed by atoms with van der Waals surface area (Å²) in [7, 11) is 0. The van der Waals surface area contributed by atoms with Crippen molar-refractivity contribution in [2.75, 3.05) is 0 Å². The summed E-state index contributed by atoms with van der Waals surface area (Å²) in [6.45, 7) is 2.63. The average Bonchev–Trinajstić information content (AvgIpc) is 2.63. The number of hydrogen-bond acceptors (Lipinski definition) is 4. The van der Waals surface area contributed by atoms with Crippen molar-refractivity contribution in [1.82, 2.24) is 4.98 Å². The molecule has 2 rings (SSSR count). The summed E-state index contributed by atoms with van der Waals surface area (Å²) >= 11 is 1.67. The van der Waals surface area contributed by atoms with Gasteiger partial charge in [0.1, 0.15) is 0 Å². The Morgan fingerprint density at radius 2 is 2.33 bits per heavy atom. The van der Waals surface area contributed by atoms with Gasteiger partial charge in [-0.05, 0) is 19.8 Å². The minimum atomic E-state index is 0.221. The summed E-state index contributed by atoms with van der Waals surface area (Å²) in [6, 6.07) is 0.221. The van der Waals surface area contributed by atoms with Gasteiger partial charge in [-0.1, -0.05) is 12.8 Å². The second-order valence-corrected chi connectivity index (χ2v) is 5.22. The minimum absolute atomic E-state index is 0.221. The molecule has 1 aromatic heterocycles. The number of rotatable bonds is 3. The highest BCUT2D eigenvalue weighted by Gasteiger charge is 2.22. The molecule has 1 aliphatic carbocycles. The van der Waals surface area contributed by atoms with Gasteiger partial charge in [0, 0.05) is 11.4 Å². The van der Waals surface area contributed by atoms with Gasteiger partial charge < -0.3 is 10.5 Å². The SMILES string of the molecule is Cc1nc(COC2CCCCC2N)cs1. The smallest absolute Gasteiger partial charge is 0.0901 e. The summed E-state index contributed by atoms with van der Waals surface area (Å²) < 4.78 is 5.81. The quantitative estimate of drug-likeness (QED) is 0.860. The van der Waals surface area contributed by atoms with Crippen molar-refractivity contribution in [2.24, 2.45) is 5.73 Å². The number of nitrogens with zero attached hydrogens (tertiary/aromatic N) is 1. The Labute approximate surface area is 94.7 Å². The van der Waals surface area contributed by atoms with Gasteiger partial charge in [-0.15, -0.1) is 11.3 Å². The zero-order valence-corrected chi connectivity index (χ0v) is 9.93. The van der Waals surface area contributed by atoms with Crippen LogP contribution in [0.4, 0.5) is 0 Å². The predicted octanol–water partition coefficient (Wildman–Crippen LogP) is 2.24. The van der Waals surface area contributed by atoms with E-state index in [9.17, 15) is 0 Å². The van der Waals surface area contributed by atoms with E-state index in [1.165, 1.54) is 12.8 Å². The molecule has 0 amide bonds. The fraction of sp³-hybridized carbons (Fsp3) is 0.727. The summed E-state index contributed by atoms with van der Waals surface area (Å²) in [5.74, 6) is 0. The third-order valence-corrected chi connectivity index (χ3v) is 3.69. The topological polar surface area (TPSA) is 48.1 Å². The molecule has 15 heavy (non-hydrogen) atoms. The molecular weight excluding hydrogens is 208 g/mol. The Morgan fingerprint density at radius 1 is 1.53 bits per heavy atom. The Balaban J connectivity index is 1.81. The van der Waals surface area contributed by atoms with E-state index in [0.717, 1.165) is 23.5 Å². The van der Waals surface area contributed by atoms with Crippen LogP contribution in [0, 0.1) is 6.92 Å². The maximum absolute atomic E-state index is 6.01. The Bertz CT molecular complexity index is 313. The lowest BCUT2D eigenvalue weighted by molar-refractivity contribution is 0.00274. The van der Waals surface area contributed by atoms with Crippen molar-refractivity contribution in [2.45, 2.75) is 51.4 Å². The van der Waals surface area contributed by atoms with Crippen LogP contribution in [-0.4, -0.2) is 17.1 Å². The first-order valence-corrected chi connectivity index (χ1v) is 6.42. The maximum Gasteiger partial charge on any atom is 0.0901 e. The molecule has 84 valence electrons. The second-order valence-electron chi connectivity index (χ2n) is 4.16. The molecule has 0 radical (unpaired) electrons. The molecular formula is C11H18N2OS. The van der Waals surface area contributed by atoms with Crippen molar-refractivity contribution in [3.05, 3.63) is 16.1 Å². The van der Waals surface area contributed by atoms with E-state index in [1.54, 1.807) is 11.3 Å². The number of aryl methyl sites for hydroxylation is 1. The fourth-order valence-electron chi connectivity index (χ4n) is 2.00. The van der Waals surface area contributed by atoms with Crippen molar-refractivity contribution in [3.8, 4) is 0 Å². The summed E-state index contributed by atoms with van der Waals surface area (Å²) in [6.07, 6.45) is 4.93. The van der Waals surface area contributed by atoms with E-state index in [0.29, 0.717) is 6.61 Å². The first-order chi connectivity index (χ1) is 7.25. The highest BCUT2D eigenvalue weighted by atomic mass is 32.1. The molecule has 3 nitrogen and oxygen atoms in total. The van der Waals surface area contributed by atoms with Gasteiger partial charge in [-0.25, -0.2) is 4.98 Å². The van der Waals surface area contributed by atoms with Crippen molar-refractivity contribution in [1.29, 1.82) is 0 Å². The number of nitrogens with two attached hydrogens (primary N) is 1. The van der Waals surface area contributed by atoms with E-state index < -0.39 is 0 Å². The fourth-order valence-corrected chi connectivity index (χ4v) is 2.60. The zero-order chi connectivity index (χ0) is 10.7. The zero-order valence-electron chi connectivity index (χ0n) is 9.11. The molecule has 1 saturated carbocycles. The molecule has 2 unspecified atom stereocenters. The molecule has 4 heteroatoms. The van der Waals surface area contributed by atoms with Crippen molar-refractivity contribution in [3.63, 3.8) is 0 Å². The number of aromatic nitrogens is 1. The lowest BCUT2D eigenvalue weighted by Gasteiger charge is -2.28. The Kier molecular flexibility index (Phi) is 3.72. The monoisotopic (exact) mass is 226 g/mol. The maximum atomic E-state index is 6.01. The molecule has 0 spiro atoms. The molecule has 0 saturated heterocycles. The summed E-state index contributed by atoms with van der Waals surface area (Å²) in [4.78, 5) is 4.37. The van der Waals surface area contributed by atoms with Crippen LogP contribution in [0.2, 0.25) is 0 Å². The van der Waals surface area contributed by atoms with Crippen molar-refractivity contribution < 1.29 is 4.74 Å². The van der Waals surface area contributed by atoms with E-state index in [2.05, 4.69) is 10.4 Å². The summed E-state index contributed by atoms with van der Waals surface area (Å²) in [5, 5.41) is 3.16. The molecule has 1 aliphatic rings. The largest absolute Gasteiger partial charge is 0.370 e. The third kappa shape index (κ3) is 3.00. The number of hydrogen-bond donors (Lipinski definition) is 1. The Hall–Kier alpha value is -0.450. The van der Waals surface area contributed by atoms with Crippen LogP contribution >= 0.6 is 11.3 Å². The normalized spacial score (nSPS) is 26.8. The summed E-state index contributed by atoms with van der Waals surface area (Å²) in [5.41, 5.74) is 7.04. The minimum Gasteiger partial charge on any atom is -0.370 e. The lowest BCUT2D eigenvalue weighted by atomic mass is 9.93. The lowest BCUT2D eigenvalue weighted by Crippen LogP contribution is -2.39. The molecule has 0 aromatic carbocycles. The van der Waals surface area contributed by atoms with Gasteiger partial charge >= 0.3 is 0 Å². The van der Waals surface area contributed by atoms with Gasteiger partial charge in [0.05, 0.1) is 23.4 Å². The first-order valence-electron chi connectivity index (χ1n) is 5.54. The standard InChI is InChI=1S/C11H18N2OS/c1-8-13-9(7-15-8)6-14-11-5-3-2-4-10(11)12/h7,10-11H,2-6,12H2,1H3. The molecule has 2 N–H and O–H groups in total. The highest BCUT2D eigenvalue weighted by molar-refractivity contribution is 7.09. The van der Waals surface area contributed by atoms with Crippen LogP contribution < -0.4 is 5.73 Å². The molecule has 1 aromatic rings. The van der Waals surface area contributed by atoms with Gasteiger partial charge in [-0.3, -0.25) is 0 Å². The van der Waals surface area contributed by atoms with Crippen LogP contribution in [0.25, 0.3) is 0 Å². The predicted molar refractivity (Wildman–Crippen MR) is 61.9 cm³/mol. The number of thiazole rings is 1. The third-order valence-electron chi connectivity index (χ3n) is 2.87. The van der Waals surface area contributed by atoms with E-state index in [-0.39, 0.29) is 12.1 Å². The average molecular weight is 226 g/mol. The van der Waals surface area contributed by atoms with Crippen LogP contribution in [0.5, 0.6) is 0 Å². The van der Waals surface area contributed by atoms with Gasteiger partial charge in [0.15, 0.2) is 0 Å². The molecule has 1 fully saturated rings. The molecule has 0 bridgehead atoms. The van der Waals surface area contributed by atoms with Crippen molar-refractivity contribution >= 4 is 11.3 Å². The van der Waals surface area contributed by atoms with Gasteiger partial charge in [-0.2, -0.15) is 0 Å². The molecule has 0 aliphatic heterocycles. The highest BCUT2D eigenvalue weighted by Crippen LogP contribution is 2.21. The molecule has 1 heterocycles. The van der Waals surface area contributed by atoms with Crippen LogP contribution in [0.1, 0.15) is 36.4 Å². The van der Waals surface area contributed by atoms with Gasteiger partial charge in [0.2, 0.25) is 0 Å². The second kappa shape index (κ2) is 5.05. The van der Waals surface area contributed by atoms with Crippen LogP contribution in [-0.2, 0) is 11.3 Å². The molecule has 2 atom stereocenters. The van der Waals surface area contributed by atoms with E-state index in [4.69, 9.17) is 10.5 Å². The van der Waals surface area contributed by atoms with Crippen LogP contribution in [0.15, 0.2) is 5.38 Å². The Morgan fingerprint density at radius 3 is 3.00 bits per heavy atom. The van der Waals surface area contributed by atoms with Gasteiger partial charge in [0.25, 0.3) is 0 Å². The van der Waals surface area contributed by atoms with Crippen LogP contribution in [0.3, 0.4) is 0 Å².